The van der Waals surface area contributed by atoms with Gasteiger partial charge in [0.25, 0.3) is 15.9 Å². The average Bonchev–Trinajstić information content (AvgIpc) is 2.90. The summed E-state index contributed by atoms with van der Waals surface area (Å²) in [6.45, 7) is 2.52. The summed E-state index contributed by atoms with van der Waals surface area (Å²) in [5.41, 5.74) is 1.87. The molecule has 0 radical (unpaired) electrons. The maximum Gasteiger partial charge on any atom is 0.261 e. The lowest BCUT2D eigenvalue weighted by atomic mass is 9.89. The van der Waals surface area contributed by atoms with Crippen LogP contribution in [-0.4, -0.2) is 45.2 Å². The first-order valence-corrected chi connectivity index (χ1v) is 14.3. The lowest BCUT2D eigenvalue weighted by molar-refractivity contribution is 0.0636. The topological polar surface area (TPSA) is 92.8 Å². The number of aryl methyl sites for hydroxylation is 1. The molecule has 1 heterocycles. The molecule has 0 aromatic heterocycles. The van der Waals surface area contributed by atoms with Gasteiger partial charge in [-0.05, 0) is 83.7 Å². The molecule has 10 heteroatoms. The number of ketones is 1. The van der Waals surface area contributed by atoms with Crippen LogP contribution in [0.25, 0.3) is 0 Å². The van der Waals surface area contributed by atoms with E-state index >= 15 is 0 Å². The van der Waals surface area contributed by atoms with Gasteiger partial charge in [-0.1, -0.05) is 29.8 Å². The molecule has 1 fully saturated rings. The predicted octanol–water partition coefficient (Wildman–Crippen LogP) is 5.96. The van der Waals surface area contributed by atoms with Gasteiger partial charge >= 0.3 is 0 Å². The molecule has 0 aliphatic carbocycles. The van der Waals surface area contributed by atoms with E-state index < -0.39 is 15.9 Å². The molecule has 3 aromatic rings. The van der Waals surface area contributed by atoms with Crippen LogP contribution in [-0.2, 0) is 10.0 Å². The highest BCUT2D eigenvalue weighted by molar-refractivity contribution is 9.10. The van der Waals surface area contributed by atoms with E-state index in [1.165, 1.54) is 25.3 Å². The lowest BCUT2D eigenvalue weighted by Gasteiger charge is -2.32. The van der Waals surface area contributed by atoms with E-state index in [0.29, 0.717) is 40.9 Å². The number of rotatable bonds is 7. The Bertz CT molecular complexity index is 1460. The number of likely N-dealkylation sites (tertiary alicyclic amines) is 1. The molecule has 3 aromatic carbocycles. The fraction of sp³-hybridized carbons (Fsp3) is 0.259. The number of hydrogen-bond acceptors (Lipinski definition) is 5. The zero-order valence-electron chi connectivity index (χ0n) is 20.3. The molecule has 4 rings (SSSR count). The van der Waals surface area contributed by atoms with Gasteiger partial charge in [-0.25, -0.2) is 8.42 Å². The summed E-state index contributed by atoms with van der Waals surface area (Å²) in [5.74, 6) is -0.268. The van der Waals surface area contributed by atoms with Gasteiger partial charge in [-0.15, -0.1) is 0 Å². The van der Waals surface area contributed by atoms with Crippen molar-refractivity contribution >= 4 is 54.9 Å². The summed E-state index contributed by atoms with van der Waals surface area (Å²) in [6.07, 6.45) is 1.29. The third-order valence-electron chi connectivity index (χ3n) is 6.28. The van der Waals surface area contributed by atoms with Crippen molar-refractivity contribution in [3.63, 3.8) is 0 Å². The number of nitrogens with zero attached hydrogens (tertiary/aromatic N) is 1. The third kappa shape index (κ3) is 6.17. The van der Waals surface area contributed by atoms with E-state index in [1.54, 1.807) is 41.3 Å². The summed E-state index contributed by atoms with van der Waals surface area (Å²) >= 11 is 9.70. The number of piperidine rings is 1. The molecule has 1 saturated heterocycles. The monoisotopic (exact) mass is 604 g/mol. The number of amides is 1. The van der Waals surface area contributed by atoms with Crippen molar-refractivity contribution < 1.29 is 22.7 Å². The van der Waals surface area contributed by atoms with E-state index in [9.17, 15) is 18.0 Å². The van der Waals surface area contributed by atoms with Gasteiger partial charge in [0.2, 0.25) is 0 Å². The minimum absolute atomic E-state index is 0.0632. The second kappa shape index (κ2) is 11.2. The fourth-order valence-corrected chi connectivity index (χ4v) is 6.09. The number of Topliss-reactive ketones (excluding diaryl/α,β-unsaturated/α-hetero) is 1. The number of nitrogens with one attached hydrogen (secondary N) is 1. The Kier molecular flexibility index (Phi) is 8.26. The first-order chi connectivity index (χ1) is 17.6. The van der Waals surface area contributed by atoms with Crippen LogP contribution in [0.4, 0.5) is 5.69 Å². The zero-order valence-corrected chi connectivity index (χ0v) is 23.5. The van der Waals surface area contributed by atoms with Gasteiger partial charge < -0.3 is 9.64 Å². The zero-order chi connectivity index (χ0) is 26.7. The molecule has 0 spiro atoms. The maximum atomic E-state index is 13.4. The highest BCUT2D eigenvalue weighted by Gasteiger charge is 2.31. The predicted molar refractivity (Wildman–Crippen MR) is 147 cm³/mol. The van der Waals surface area contributed by atoms with Gasteiger partial charge in [-0.2, -0.15) is 0 Å². The molecule has 1 amide bonds. The molecular weight excluding hydrogens is 580 g/mol. The Balaban J connectivity index is 1.55. The normalized spacial score (nSPS) is 15.8. The smallest absolute Gasteiger partial charge is 0.261 e. The van der Waals surface area contributed by atoms with Gasteiger partial charge in [0, 0.05) is 29.0 Å². The van der Waals surface area contributed by atoms with Crippen LogP contribution in [0.3, 0.4) is 0 Å². The first kappa shape index (κ1) is 27.2. The van der Waals surface area contributed by atoms with Crippen LogP contribution in [0, 0.1) is 12.8 Å². The van der Waals surface area contributed by atoms with Crippen molar-refractivity contribution in [2.75, 3.05) is 24.9 Å². The van der Waals surface area contributed by atoms with Crippen LogP contribution in [0.1, 0.15) is 39.1 Å². The maximum absolute atomic E-state index is 13.4. The van der Waals surface area contributed by atoms with Crippen LogP contribution in [0.5, 0.6) is 5.75 Å². The van der Waals surface area contributed by atoms with E-state index in [4.69, 9.17) is 16.3 Å². The lowest BCUT2D eigenvalue weighted by Crippen LogP contribution is -2.42. The minimum atomic E-state index is -4.00. The Morgan fingerprint density at radius 3 is 2.65 bits per heavy atom. The quantitative estimate of drug-likeness (QED) is 0.336. The number of ether oxygens (including phenoxy) is 1. The van der Waals surface area contributed by atoms with Crippen molar-refractivity contribution in [3.8, 4) is 5.75 Å². The molecule has 7 nitrogen and oxygen atoms in total. The van der Waals surface area contributed by atoms with Crippen molar-refractivity contribution in [1.82, 2.24) is 4.90 Å². The van der Waals surface area contributed by atoms with Crippen molar-refractivity contribution in [3.05, 3.63) is 86.8 Å². The molecule has 0 saturated carbocycles. The summed E-state index contributed by atoms with van der Waals surface area (Å²) in [4.78, 5) is 28.1. The molecule has 194 valence electrons. The van der Waals surface area contributed by atoms with Crippen LogP contribution in [0.15, 0.2) is 70.0 Å². The second-order valence-electron chi connectivity index (χ2n) is 8.92. The number of carbonyl (C=O) groups excluding carboxylic acids is 2. The van der Waals surface area contributed by atoms with Crippen molar-refractivity contribution in [2.24, 2.45) is 5.92 Å². The number of halogens is 2. The number of hydrogen-bond donors (Lipinski definition) is 1. The Morgan fingerprint density at radius 2 is 1.89 bits per heavy atom. The van der Waals surface area contributed by atoms with Crippen molar-refractivity contribution in [1.29, 1.82) is 0 Å². The minimum Gasteiger partial charge on any atom is -0.497 e. The van der Waals surface area contributed by atoms with Crippen LogP contribution in [0.2, 0.25) is 5.02 Å². The van der Waals surface area contributed by atoms with E-state index in [1.807, 2.05) is 13.0 Å². The number of methoxy groups -OCH3 is 1. The number of benzene rings is 3. The molecule has 1 aliphatic heterocycles. The summed E-state index contributed by atoms with van der Waals surface area (Å²) < 4.78 is 34.6. The molecule has 1 atom stereocenters. The Labute approximate surface area is 230 Å². The van der Waals surface area contributed by atoms with Gasteiger partial charge in [0.1, 0.15) is 5.75 Å². The summed E-state index contributed by atoms with van der Waals surface area (Å²) in [6, 6.07) is 16.3. The molecule has 37 heavy (non-hydrogen) atoms. The van der Waals surface area contributed by atoms with E-state index in [-0.39, 0.29) is 33.7 Å². The van der Waals surface area contributed by atoms with E-state index in [0.717, 1.165) is 5.56 Å². The standard InChI is InChI=1S/C27H26BrClN2O5S/c1-17-8-10-23(28)25(13-17)30-37(34,35)21-9-11-24(29)22(15-21)27(33)31-12-4-6-19(16-31)26(32)18-5-3-7-20(14-18)36-2/h3,5,7-11,13-15,19,30H,4,6,12,16H2,1-2H3. The molecule has 1 unspecified atom stereocenters. The summed E-state index contributed by atoms with van der Waals surface area (Å²) in [5, 5.41) is 0.141. The highest BCUT2D eigenvalue weighted by Crippen LogP contribution is 2.30. The Hall–Kier alpha value is -2.88. The molecule has 0 bridgehead atoms. The first-order valence-electron chi connectivity index (χ1n) is 11.6. The largest absolute Gasteiger partial charge is 0.497 e. The van der Waals surface area contributed by atoms with Crippen molar-refractivity contribution in [2.45, 2.75) is 24.7 Å². The fourth-order valence-electron chi connectivity index (χ4n) is 4.31. The molecular formula is C27H26BrClN2O5S. The number of carbonyl (C=O) groups is 2. The van der Waals surface area contributed by atoms with Crippen LogP contribution >= 0.6 is 27.5 Å². The van der Waals surface area contributed by atoms with Gasteiger partial charge in [-0.3, -0.25) is 14.3 Å². The van der Waals surface area contributed by atoms with Gasteiger partial charge in [0.05, 0.1) is 28.3 Å². The molecule has 1 N–H and O–H groups in total. The number of anilines is 1. The average molecular weight is 606 g/mol. The van der Waals surface area contributed by atoms with Gasteiger partial charge in [0.15, 0.2) is 5.78 Å². The second-order valence-corrected chi connectivity index (χ2v) is 11.9. The SMILES string of the molecule is COc1cccc(C(=O)C2CCCN(C(=O)c3cc(S(=O)(=O)Nc4cc(C)ccc4Br)ccc3Cl)C2)c1. The van der Waals surface area contributed by atoms with E-state index in [2.05, 4.69) is 20.7 Å². The van der Waals surface area contributed by atoms with Crippen LogP contribution < -0.4 is 9.46 Å². The molecule has 1 aliphatic rings. The summed E-state index contributed by atoms with van der Waals surface area (Å²) in [7, 11) is -2.46. The number of sulfonamides is 1. The Morgan fingerprint density at radius 1 is 1.11 bits per heavy atom. The highest BCUT2D eigenvalue weighted by atomic mass is 79.9. The third-order valence-corrected chi connectivity index (χ3v) is 8.66.